The zero-order valence-corrected chi connectivity index (χ0v) is 10.1. The Kier molecular flexibility index (Phi) is 2.49. The highest BCUT2D eigenvalue weighted by atomic mass is 32.1. The van der Waals surface area contributed by atoms with Crippen LogP contribution in [0.5, 0.6) is 0 Å². The molecule has 0 aliphatic carbocycles. The summed E-state index contributed by atoms with van der Waals surface area (Å²) in [5.41, 5.74) is 4.83. The first kappa shape index (κ1) is 10.2. The Labute approximate surface area is 102 Å². The summed E-state index contributed by atoms with van der Waals surface area (Å²) in [7, 11) is 0. The van der Waals surface area contributed by atoms with Crippen LogP contribution in [0, 0.1) is 6.92 Å². The lowest BCUT2D eigenvalue weighted by atomic mass is 10.3. The molecule has 0 saturated heterocycles. The van der Waals surface area contributed by atoms with Gasteiger partial charge in [-0.1, -0.05) is 6.07 Å². The van der Waals surface area contributed by atoms with E-state index in [0.717, 1.165) is 16.9 Å². The van der Waals surface area contributed by atoms with Gasteiger partial charge in [0, 0.05) is 11.6 Å². The largest absolute Gasteiger partial charge is 0.347 e. The van der Waals surface area contributed by atoms with Gasteiger partial charge in [-0.05, 0) is 18.6 Å². The summed E-state index contributed by atoms with van der Waals surface area (Å²) in [4.78, 5) is 8.56. The van der Waals surface area contributed by atoms with Gasteiger partial charge in [-0.15, -0.1) is 16.4 Å². The summed E-state index contributed by atoms with van der Waals surface area (Å²) >= 11 is 1.58. The van der Waals surface area contributed by atoms with Crippen LogP contribution < -0.4 is 5.32 Å². The highest BCUT2D eigenvalue weighted by molar-refractivity contribution is 7.07. The molecule has 0 aliphatic heterocycles. The van der Waals surface area contributed by atoms with Crippen LogP contribution in [0.4, 0.5) is 5.95 Å². The molecule has 0 aromatic carbocycles. The van der Waals surface area contributed by atoms with E-state index in [-0.39, 0.29) is 0 Å². The Balaban J connectivity index is 1.81. The Morgan fingerprint density at radius 1 is 1.41 bits per heavy atom. The predicted octanol–water partition coefficient (Wildman–Crippen LogP) is 2.11. The first-order valence-corrected chi connectivity index (χ1v) is 6.19. The van der Waals surface area contributed by atoms with Gasteiger partial charge in [-0.2, -0.15) is 4.98 Å². The smallest absolute Gasteiger partial charge is 0.243 e. The molecule has 86 valence electrons. The molecule has 0 saturated carbocycles. The molecule has 0 unspecified atom stereocenters. The molecule has 0 amide bonds. The minimum Gasteiger partial charge on any atom is -0.347 e. The molecule has 0 fully saturated rings. The molecule has 0 aliphatic rings. The van der Waals surface area contributed by atoms with E-state index in [4.69, 9.17) is 0 Å². The topological polar surface area (TPSA) is 55.1 Å². The minimum absolute atomic E-state index is 0.628. The summed E-state index contributed by atoms with van der Waals surface area (Å²) in [6.07, 6.45) is 1.95. The Hall–Kier alpha value is -1.95. The number of fused-ring (bicyclic) bond motifs is 1. The maximum absolute atomic E-state index is 4.37. The van der Waals surface area contributed by atoms with Crippen LogP contribution in [0.15, 0.2) is 29.2 Å². The number of aryl methyl sites for hydroxylation is 1. The van der Waals surface area contributed by atoms with Crippen molar-refractivity contribution in [3.63, 3.8) is 0 Å². The van der Waals surface area contributed by atoms with E-state index >= 15 is 0 Å². The number of anilines is 1. The van der Waals surface area contributed by atoms with Gasteiger partial charge in [0.15, 0.2) is 5.65 Å². The number of pyridine rings is 1. The van der Waals surface area contributed by atoms with Crippen LogP contribution in [-0.4, -0.2) is 19.6 Å². The Bertz CT molecular complexity index is 628. The van der Waals surface area contributed by atoms with Gasteiger partial charge in [0.1, 0.15) is 0 Å². The van der Waals surface area contributed by atoms with Crippen molar-refractivity contribution in [3.05, 3.63) is 40.5 Å². The molecule has 17 heavy (non-hydrogen) atoms. The summed E-state index contributed by atoms with van der Waals surface area (Å²) in [6.45, 7) is 2.68. The highest BCUT2D eigenvalue weighted by Crippen LogP contribution is 2.08. The lowest BCUT2D eigenvalue weighted by Crippen LogP contribution is -2.01. The molecule has 0 spiro atoms. The van der Waals surface area contributed by atoms with Crippen molar-refractivity contribution in [1.82, 2.24) is 19.6 Å². The van der Waals surface area contributed by atoms with Gasteiger partial charge in [0.2, 0.25) is 5.95 Å². The zero-order chi connectivity index (χ0) is 11.7. The first-order valence-electron chi connectivity index (χ1n) is 5.25. The van der Waals surface area contributed by atoms with Crippen molar-refractivity contribution in [2.24, 2.45) is 0 Å². The number of hydrogen-bond donors (Lipinski definition) is 1. The van der Waals surface area contributed by atoms with Crippen LogP contribution in [0.2, 0.25) is 0 Å². The summed E-state index contributed by atoms with van der Waals surface area (Å²) in [5.74, 6) is 0.628. The molecule has 3 heterocycles. The second kappa shape index (κ2) is 4.14. The SMILES string of the molecule is Cc1ccc2nc(NCc3cscn3)nn2c1. The Morgan fingerprint density at radius 2 is 2.35 bits per heavy atom. The third-order valence-corrected chi connectivity index (χ3v) is 3.03. The van der Waals surface area contributed by atoms with Crippen molar-refractivity contribution < 1.29 is 0 Å². The van der Waals surface area contributed by atoms with Crippen LogP contribution in [0.25, 0.3) is 5.65 Å². The molecule has 5 nitrogen and oxygen atoms in total. The summed E-state index contributed by atoms with van der Waals surface area (Å²) < 4.78 is 1.78. The van der Waals surface area contributed by atoms with E-state index < -0.39 is 0 Å². The van der Waals surface area contributed by atoms with Crippen molar-refractivity contribution in [3.8, 4) is 0 Å². The van der Waals surface area contributed by atoms with Crippen molar-refractivity contribution in [2.75, 3.05) is 5.32 Å². The van der Waals surface area contributed by atoms with Gasteiger partial charge < -0.3 is 5.32 Å². The van der Waals surface area contributed by atoms with E-state index in [9.17, 15) is 0 Å². The molecule has 3 aromatic rings. The normalized spacial score (nSPS) is 10.9. The fourth-order valence-electron chi connectivity index (χ4n) is 1.56. The molecule has 0 atom stereocenters. The van der Waals surface area contributed by atoms with E-state index in [1.807, 2.05) is 36.1 Å². The Morgan fingerprint density at radius 3 is 3.18 bits per heavy atom. The number of hydrogen-bond acceptors (Lipinski definition) is 5. The quantitative estimate of drug-likeness (QED) is 0.767. The summed E-state index contributed by atoms with van der Waals surface area (Å²) in [5, 5.41) is 9.51. The van der Waals surface area contributed by atoms with Gasteiger partial charge >= 0.3 is 0 Å². The second-order valence-electron chi connectivity index (χ2n) is 3.78. The molecule has 6 heteroatoms. The fraction of sp³-hybridized carbons (Fsp3) is 0.182. The van der Waals surface area contributed by atoms with Crippen molar-refractivity contribution >= 4 is 22.9 Å². The maximum atomic E-state index is 4.37. The minimum atomic E-state index is 0.628. The third-order valence-electron chi connectivity index (χ3n) is 2.39. The highest BCUT2D eigenvalue weighted by Gasteiger charge is 2.03. The molecule has 1 N–H and O–H groups in total. The molecule has 3 rings (SSSR count). The van der Waals surface area contributed by atoms with Crippen molar-refractivity contribution in [2.45, 2.75) is 13.5 Å². The molecular weight excluding hydrogens is 234 g/mol. The number of nitrogens with zero attached hydrogens (tertiary/aromatic N) is 4. The molecule has 3 aromatic heterocycles. The van der Waals surface area contributed by atoms with Gasteiger partial charge in [-0.3, -0.25) is 0 Å². The third kappa shape index (κ3) is 2.12. The van der Waals surface area contributed by atoms with Crippen LogP contribution in [0.1, 0.15) is 11.3 Å². The van der Waals surface area contributed by atoms with Crippen molar-refractivity contribution in [1.29, 1.82) is 0 Å². The first-order chi connectivity index (χ1) is 8.31. The zero-order valence-electron chi connectivity index (χ0n) is 9.29. The van der Waals surface area contributed by atoms with Crippen LogP contribution >= 0.6 is 11.3 Å². The summed E-state index contributed by atoms with van der Waals surface area (Å²) in [6, 6.07) is 3.98. The number of rotatable bonds is 3. The maximum Gasteiger partial charge on any atom is 0.243 e. The lowest BCUT2D eigenvalue weighted by Gasteiger charge is -1.96. The average molecular weight is 245 g/mol. The van der Waals surface area contributed by atoms with Crippen LogP contribution in [0.3, 0.4) is 0 Å². The van der Waals surface area contributed by atoms with Gasteiger partial charge in [0.05, 0.1) is 17.7 Å². The lowest BCUT2D eigenvalue weighted by molar-refractivity contribution is 0.938. The molecular formula is C11H11N5S. The number of nitrogens with one attached hydrogen (secondary N) is 1. The van der Waals surface area contributed by atoms with E-state index in [1.54, 1.807) is 15.9 Å². The van der Waals surface area contributed by atoms with E-state index in [0.29, 0.717) is 12.5 Å². The monoisotopic (exact) mass is 245 g/mol. The van der Waals surface area contributed by atoms with E-state index in [2.05, 4.69) is 20.4 Å². The van der Waals surface area contributed by atoms with Gasteiger partial charge in [-0.25, -0.2) is 9.50 Å². The number of aromatic nitrogens is 4. The molecule has 0 radical (unpaired) electrons. The van der Waals surface area contributed by atoms with E-state index in [1.165, 1.54) is 0 Å². The standard InChI is InChI=1S/C11H11N5S/c1-8-2-3-10-14-11(15-16(10)5-8)12-4-9-6-17-7-13-9/h2-3,5-7H,4H2,1H3,(H,12,15). The fourth-order valence-corrected chi connectivity index (χ4v) is 2.11. The number of thiazole rings is 1. The predicted molar refractivity (Wildman–Crippen MR) is 67.2 cm³/mol. The second-order valence-corrected chi connectivity index (χ2v) is 4.50. The molecule has 0 bridgehead atoms. The van der Waals surface area contributed by atoms with Crippen LogP contribution in [-0.2, 0) is 6.54 Å². The van der Waals surface area contributed by atoms with Gasteiger partial charge in [0.25, 0.3) is 0 Å². The average Bonchev–Trinajstić information content (AvgIpc) is 2.94.